The maximum atomic E-state index is 12.3. The van der Waals surface area contributed by atoms with Crippen molar-refractivity contribution in [3.63, 3.8) is 0 Å². The van der Waals surface area contributed by atoms with E-state index >= 15 is 0 Å². The summed E-state index contributed by atoms with van der Waals surface area (Å²) in [5.41, 5.74) is -0.0219. The van der Waals surface area contributed by atoms with E-state index in [-0.39, 0.29) is 5.41 Å². The van der Waals surface area contributed by atoms with E-state index in [0.717, 1.165) is 19.5 Å². The molecule has 98 valence electrons. The third-order valence-electron chi connectivity index (χ3n) is 4.63. The predicted octanol–water partition coefficient (Wildman–Crippen LogP) is 2.12. The molecule has 2 atom stereocenters. The molecule has 0 radical (unpaired) electrons. The second kappa shape index (κ2) is 4.60. The summed E-state index contributed by atoms with van der Waals surface area (Å²) in [5, 5.41) is 0. The van der Waals surface area contributed by atoms with Crippen LogP contribution in [0, 0.1) is 5.41 Å². The molecule has 1 spiro atoms. The first-order chi connectivity index (χ1) is 8.00. The van der Waals surface area contributed by atoms with E-state index in [1.165, 1.54) is 19.4 Å². The third kappa shape index (κ3) is 2.10. The minimum absolute atomic E-state index is 0.0219. The minimum atomic E-state index is -0.0219. The molecular formula is C14H26N2O. The van der Waals surface area contributed by atoms with Gasteiger partial charge in [0.15, 0.2) is 0 Å². The molecule has 2 fully saturated rings. The maximum absolute atomic E-state index is 12.3. The molecule has 0 aromatic carbocycles. The Bertz CT molecular complexity index is 303. The molecule has 2 aliphatic rings. The van der Waals surface area contributed by atoms with Gasteiger partial charge in [0, 0.05) is 25.2 Å². The molecule has 3 heteroatoms. The van der Waals surface area contributed by atoms with Gasteiger partial charge in [0.1, 0.15) is 0 Å². The van der Waals surface area contributed by atoms with Gasteiger partial charge in [-0.05, 0) is 46.6 Å². The summed E-state index contributed by atoms with van der Waals surface area (Å²) in [6, 6.07) is 0.986. The Hall–Kier alpha value is -0.570. The highest BCUT2D eigenvalue weighted by molar-refractivity contribution is 5.89. The van der Waals surface area contributed by atoms with Crippen molar-refractivity contribution in [1.29, 1.82) is 0 Å². The number of amides is 1. The summed E-state index contributed by atoms with van der Waals surface area (Å²) in [4.78, 5) is 16.9. The molecule has 17 heavy (non-hydrogen) atoms. The van der Waals surface area contributed by atoms with E-state index in [1.54, 1.807) is 0 Å². The fourth-order valence-corrected chi connectivity index (χ4v) is 3.20. The van der Waals surface area contributed by atoms with Gasteiger partial charge in [0.05, 0.1) is 5.41 Å². The lowest BCUT2D eigenvalue weighted by atomic mass is 9.71. The second-order valence-electron chi connectivity index (χ2n) is 6.14. The fourth-order valence-electron chi connectivity index (χ4n) is 3.20. The second-order valence-corrected chi connectivity index (χ2v) is 6.14. The highest BCUT2D eigenvalue weighted by Crippen LogP contribution is 2.41. The zero-order chi connectivity index (χ0) is 12.6. The topological polar surface area (TPSA) is 23.6 Å². The van der Waals surface area contributed by atoms with Crippen molar-refractivity contribution in [2.45, 2.75) is 59.0 Å². The van der Waals surface area contributed by atoms with Gasteiger partial charge in [-0.3, -0.25) is 9.69 Å². The molecule has 0 bridgehead atoms. The Morgan fingerprint density at radius 1 is 1.29 bits per heavy atom. The summed E-state index contributed by atoms with van der Waals surface area (Å²) in [6.45, 7) is 11.9. The van der Waals surface area contributed by atoms with Crippen LogP contribution in [0.25, 0.3) is 0 Å². The lowest BCUT2D eigenvalue weighted by Crippen LogP contribution is -2.69. The number of carbonyl (C=O) groups is 1. The lowest BCUT2D eigenvalue weighted by molar-refractivity contribution is -0.170. The van der Waals surface area contributed by atoms with Gasteiger partial charge in [-0.2, -0.15) is 0 Å². The zero-order valence-electron chi connectivity index (χ0n) is 11.7. The van der Waals surface area contributed by atoms with Crippen LogP contribution in [0.3, 0.4) is 0 Å². The van der Waals surface area contributed by atoms with Crippen LogP contribution in [-0.4, -0.2) is 47.4 Å². The lowest BCUT2D eigenvalue weighted by Gasteiger charge is -2.55. The maximum Gasteiger partial charge on any atom is 0.232 e. The van der Waals surface area contributed by atoms with Gasteiger partial charge in [-0.25, -0.2) is 0 Å². The Balaban J connectivity index is 2.01. The summed E-state index contributed by atoms with van der Waals surface area (Å²) in [5.74, 6) is 0.403. The van der Waals surface area contributed by atoms with Crippen molar-refractivity contribution in [3.05, 3.63) is 0 Å². The molecule has 0 aromatic rings. The van der Waals surface area contributed by atoms with Crippen molar-refractivity contribution in [3.8, 4) is 0 Å². The quantitative estimate of drug-likeness (QED) is 0.703. The Morgan fingerprint density at radius 3 is 2.53 bits per heavy atom. The van der Waals surface area contributed by atoms with Gasteiger partial charge in [-0.15, -0.1) is 0 Å². The van der Waals surface area contributed by atoms with E-state index in [4.69, 9.17) is 0 Å². The van der Waals surface area contributed by atoms with E-state index < -0.39 is 0 Å². The zero-order valence-corrected chi connectivity index (χ0v) is 11.7. The number of β-lactam (4-membered cyclic amide) rings is 1. The number of hydrogen-bond acceptors (Lipinski definition) is 2. The van der Waals surface area contributed by atoms with Gasteiger partial charge in [0.2, 0.25) is 5.91 Å². The average Bonchev–Trinajstić information content (AvgIpc) is 2.34. The largest absolute Gasteiger partial charge is 0.339 e. The molecule has 2 saturated heterocycles. The Labute approximate surface area is 105 Å². The molecule has 2 rings (SSSR count). The molecule has 0 N–H and O–H groups in total. The van der Waals surface area contributed by atoms with E-state index in [1.807, 2.05) is 4.90 Å². The molecule has 0 saturated carbocycles. The average molecular weight is 238 g/mol. The number of carbonyl (C=O) groups excluding carboxylic acids is 1. The smallest absolute Gasteiger partial charge is 0.232 e. The first kappa shape index (κ1) is 12.9. The van der Waals surface area contributed by atoms with E-state index in [9.17, 15) is 4.79 Å². The summed E-state index contributed by atoms with van der Waals surface area (Å²) >= 11 is 0. The third-order valence-corrected chi connectivity index (χ3v) is 4.63. The van der Waals surface area contributed by atoms with Crippen LogP contribution >= 0.6 is 0 Å². The predicted molar refractivity (Wildman–Crippen MR) is 69.8 cm³/mol. The van der Waals surface area contributed by atoms with E-state index in [2.05, 4.69) is 32.6 Å². The number of likely N-dealkylation sites (tertiary alicyclic amines) is 2. The standard InChI is InChI=1S/C14H26N2O/c1-5-12(4)15-8-6-7-14(9-15)10-16(11(2)3)13(14)17/h11-12H,5-10H2,1-4H3/t12-,14-/m0/s1. The number of piperidine rings is 1. The Kier molecular flexibility index (Phi) is 3.48. The minimum Gasteiger partial charge on any atom is -0.339 e. The van der Waals surface area contributed by atoms with E-state index in [0.29, 0.717) is 18.0 Å². The monoisotopic (exact) mass is 238 g/mol. The number of hydrogen-bond donors (Lipinski definition) is 0. The summed E-state index contributed by atoms with van der Waals surface area (Å²) in [6.07, 6.45) is 3.46. The number of rotatable bonds is 3. The molecule has 0 aromatic heterocycles. The summed E-state index contributed by atoms with van der Waals surface area (Å²) < 4.78 is 0. The molecule has 0 aliphatic carbocycles. The normalized spacial score (nSPS) is 32.1. The highest BCUT2D eigenvalue weighted by atomic mass is 16.2. The van der Waals surface area contributed by atoms with Crippen molar-refractivity contribution in [2.75, 3.05) is 19.6 Å². The molecule has 0 unspecified atom stereocenters. The number of nitrogens with zero attached hydrogens (tertiary/aromatic N) is 2. The van der Waals surface area contributed by atoms with Crippen LogP contribution < -0.4 is 0 Å². The molecule has 3 nitrogen and oxygen atoms in total. The fraction of sp³-hybridized carbons (Fsp3) is 0.929. The van der Waals surface area contributed by atoms with Crippen molar-refractivity contribution in [1.82, 2.24) is 9.80 Å². The van der Waals surface area contributed by atoms with Crippen LogP contribution in [0.1, 0.15) is 47.0 Å². The Morgan fingerprint density at radius 2 is 2.00 bits per heavy atom. The van der Waals surface area contributed by atoms with Gasteiger partial charge in [-0.1, -0.05) is 6.92 Å². The molecule has 2 aliphatic heterocycles. The first-order valence-corrected chi connectivity index (χ1v) is 7.05. The van der Waals surface area contributed by atoms with Gasteiger partial charge >= 0.3 is 0 Å². The van der Waals surface area contributed by atoms with Crippen LogP contribution in [0.4, 0.5) is 0 Å². The molecular weight excluding hydrogens is 212 g/mol. The molecule has 2 heterocycles. The van der Waals surface area contributed by atoms with Crippen molar-refractivity contribution < 1.29 is 4.79 Å². The SMILES string of the molecule is CC[C@H](C)N1CCC[C@@]2(CN(C(C)C)C2=O)C1. The van der Waals surface area contributed by atoms with Crippen LogP contribution in [-0.2, 0) is 4.79 Å². The first-order valence-electron chi connectivity index (χ1n) is 7.05. The van der Waals surface area contributed by atoms with Crippen LogP contribution in [0.2, 0.25) is 0 Å². The highest BCUT2D eigenvalue weighted by Gasteiger charge is 2.54. The van der Waals surface area contributed by atoms with Crippen molar-refractivity contribution in [2.24, 2.45) is 5.41 Å². The van der Waals surface area contributed by atoms with Crippen LogP contribution in [0.5, 0.6) is 0 Å². The van der Waals surface area contributed by atoms with Crippen molar-refractivity contribution >= 4 is 5.91 Å². The summed E-state index contributed by atoms with van der Waals surface area (Å²) in [7, 11) is 0. The molecule has 1 amide bonds. The van der Waals surface area contributed by atoms with Crippen LogP contribution in [0.15, 0.2) is 0 Å². The van der Waals surface area contributed by atoms with Gasteiger partial charge in [0.25, 0.3) is 0 Å². The van der Waals surface area contributed by atoms with Gasteiger partial charge < -0.3 is 4.90 Å².